The fraction of sp³-hybridized carbons (Fsp3) is 0.182. The molecule has 0 spiro atoms. The number of aryl methyl sites for hydroxylation is 2. The molecule has 0 fully saturated rings. The Bertz CT molecular complexity index is 421. The summed E-state index contributed by atoms with van der Waals surface area (Å²) in [7, 11) is 1.99. The Labute approximate surface area is 83.2 Å². The van der Waals surface area contributed by atoms with Crippen LogP contribution in [0.15, 0.2) is 30.6 Å². The van der Waals surface area contributed by atoms with Crippen molar-refractivity contribution in [1.82, 2.24) is 9.55 Å². The van der Waals surface area contributed by atoms with E-state index in [1.54, 1.807) is 0 Å². The van der Waals surface area contributed by atoms with Gasteiger partial charge in [0.2, 0.25) is 0 Å². The number of nitrogens with two attached hydrogens (primary N) is 1. The fourth-order valence-electron chi connectivity index (χ4n) is 1.60. The second-order valence-corrected chi connectivity index (χ2v) is 3.41. The highest BCUT2D eigenvalue weighted by Crippen LogP contribution is 2.22. The first-order chi connectivity index (χ1) is 6.68. The van der Waals surface area contributed by atoms with E-state index in [-0.39, 0.29) is 0 Å². The van der Waals surface area contributed by atoms with Gasteiger partial charge < -0.3 is 10.3 Å². The molecule has 2 N–H and O–H groups in total. The Kier molecular flexibility index (Phi) is 2.00. The smallest absolute Gasteiger partial charge is 0.0951 e. The first-order valence-electron chi connectivity index (χ1n) is 4.52. The number of hydrogen-bond donors (Lipinski definition) is 1. The van der Waals surface area contributed by atoms with Crippen LogP contribution in [0.2, 0.25) is 0 Å². The highest BCUT2D eigenvalue weighted by Gasteiger charge is 2.06. The van der Waals surface area contributed by atoms with Gasteiger partial charge in [0.25, 0.3) is 0 Å². The number of imidazole rings is 1. The van der Waals surface area contributed by atoms with E-state index in [9.17, 15) is 0 Å². The Morgan fingerprint density at radius 1 is 1.21 bits per heavy atom. The topological polar surface area (TPSA) is 43.8 Å². The molecular weight excluding hydrogens is 174 g/mol. The van der Waals surface area contributed by atoms with Crippen LogP contribution in [-0.2, 0) is 7.05 Å². The monoisotopic (exact) mass is 187 g/mol. The number of benzene rings is 1. The zero-order valence-corrected chi connectivity index (χ0v) is 8.36. The third-order valence-corrected chi connectivity index (χ3v) is 2.30. The van der Waals surface area contributed by atoms with E-state index in [1.807, 2.05) is 49.1 Å². The summed E-state index contributed by atoms with van der Waals surface area (Å²) in [6, 6.07) is 7.84. The van der Waals surface area contributed by atoms with Gasteiger partial charge in [-0.1, -0.05) is 12.1 Å². The van der Waals surface area contributed by atoms with Crippen molar-refractivity contribution in [2.24, 2.45) is 7.05 Å². The van der Waals surface area contributed by atoms with Crippen molar-refractivity contribution < 1.29 is 0 Å². The molecule has 0 aliphatic rings. The van der Waals surface area contributed by atoms with Crippen LogP contribution in [0.3, 0.4) is 0 Å². The van der Waals surface area contributed by atoms with E-state index in [0.717, 1.165) is 22.6 Å². The van der Waals surface area contributed by atoms with Gasteiger partial charge >= 0.3 is 0 Å². The molecule has 3 heteroatoms. The van der Waals surface area contributed by atoms with Crippen LogP contribution < -0.4 is 5.73 Å². The third-order valence-electron chi connectivity index (χ3n) is 2.30. The molecule has 3 nitrogen and oxygen atoms in total. The Morgan fingerprint density at radius 3 is 2.36 bits per heavy atom. The van der Waals surface area contributed by atoms with Crippen molar-refractivity contribution >= 4 is 5.69 Å². The molecule has 1 aromatic heterocycles. The van der Waals surface area contributed by atoms with Gasteiger partial charge in [-0.2, -0.15) is 0 Å². The minimum atomic E-state index is 0.786. The molecule has 72 valence electrons. The summed E-state index contributed by atoms with van der Waals surface area (Å²) >= 11 is 0. The quantitative estimate of drug-likeness (QED) is 0.694. The highest BCUT2D eigenvalue weighted by atomic mass is 15.0. The van der Waals surface area contributed by atoms with Gasteiger partial charge in [-0.05, 0) is 19.1 Å². The standard InChI is InChI=1S/C11H13N3/c1-8-11(14(2)7-13-8)9-3-5-10(12)6-4-9/h3-7H,12H2,1-2H3. The molecule has 0 bridgehead atoms. The zero-order valence-electron chi connectivity index (χ0n) is 8.36. The molecule has 1 heterocycles. The number of rotatable bonds is 1. The maximum Gasteiger partial charge on any atom is 0.0951 e. The Hall–Kier alpha value is -1.77. The van der Waals surface area contributed by atoms with Crippen LogP contribution in [0.1, 0.15) is 5.69 Å². The molecule has 0 aliphatic carbocycles. The van der Waals surface area contributed by atoms with E-state index >= 15 is 0 Å². The number of aromatic nitrogens is 2. The van der Waals surface area contributed by atoms with E-state index < -0.39 is 0 Å². The number of anilines is 1. The molecule has 0 aliphatic heterocycles. The van der Waals surface area contributed by atoms with Crippen LogP contribution in [-0.4, -0.2) is 9.55 Å². The second kappa shape index (κ2) is 3.18. The average molecular weight is 187 g/mol. The zero-order chi connectivity index (χ0) is 10.1. The molecule has 2 rings (SSSR count). The van der Waals surface area contributed by atoms with Crippen LogP contribution in [0.5, 0.6) is 0 Å². The van der Waals surface area contributed by atoms with Gasteiger partial charge in [0.05, 0.1) is 17.7 Å². The van der Waals surface area contributed by atoms with Crippen molar-refractivity contribution in [3.05, 3.63) is 36.3 Å². The molecule has 0 radical (unpaired) electrons. The lowest BCUT2D eigenvalue weighted by Gasteiger charge is -2.04. The summed E-state index contributed by atoms with van der Waals surface area (Å²) in [5, 5.41) is 0. The minimum Gasteiger partial charge on any atom is -0.399 e. The predicted octanol–water partition coefficient (Wildman–Crippen LogP) is 1.98. The summed E-state index contributed by atoms with van der Waals surface area (Å²) in [6.45, 7) is 2.01. The van der Waals surface area contributed by atoms with Crippen molar-refractivity contribution in [3.63, 3.8) is 0 Å². The van der Waals surface area contributed by atoms with Gasteiger partial charge in [-0.15, -0.1) is 0 Å². The van der Waals surface area contributed by atoms with Gasteiger partial charge in [-0.3, -0.25) is 0 Å². The molecule has 1 aromatic carbocycles. The summed E-state index contributed by atoms with van der Waals surface area (Å²) in [5.74, 6) is 0. The first kappa shape index (κ1) is 8.81. The summed E-state index contributed by atoms with van der Waals surface area (Å²) in [5.41, 5.74) is 9.75. The summed E-state index contributed by atoms with van der Waals surface area (Å²) in [4.78, 5) is 4.25. The minimum absolute atomic E-state index is 0.786. The third kappa shape index (κ3) is 1.37. The highest BCUT2D eigenvalue weighted by molar-refractivity contribution is 5.64. The largest absolute Gasteiger partial charge is 0.399 e. The SMILES string of the molecule is Cc1ncn(C)c1-c1ccc(N)cc1. The summed E-state index contributed by atoms with van der Waals surface area (Å²) in [6.07, 6.45) is 1.82. The normalized spacial score (nSPS) is 10.4. The van der Waals surface area contributed by atoms with E-state index in [1.165, 1.54) is 0 Å². The fourth-order valence-corrected chi connectivity index (χ4v) is 1.60. The van der Waals surface area contributed by atoms with Crippen molar-refractivity contribution in [1.29, 1.82) is 0 Å². The maximum atomic E-state index is 5.63. The van der Waals surface area contributed by atoms with E-state index in [2.05, 4.69) is 4.98 Å². The van der Waals surface area contributed by atoms with Gasteiger partial charge in [0.15, 0.2) is 0 Å². The van der Waals surface area contributed by atoms with Crippen LogP contribution in [0.4, 0.5) is 5.69 Å². The molecule has 2 aromatic rings. The summed E-state index contributed by atoms with van der Waals surface area (Å²) < 4.78 is 2.01. The molecule has 0 saturated heterocycles. The molecule has 0 atom stereocenters. The number of hydrogen-bond acceptors (Lipinski definition) is 2. The molecule has 14 heavy (non-hydrogen) atoms. The van der Waals surface area contributed by atoms with Crippen molar-refractivity contribution in [2.45, 2.75) is 6.92 Å². The van der Waals surface area contributed by atoms with E-state index in [4.69, 9.17) is 5.73 Å². The predicted molar refractivity (Wildman–Crippen MR) is 57.8 cm³/mol. The maximum absolute atomic E-state index is 5.63. The Morgan fingerprint density at radius 2 is 1.86 bits per heavy atom. The molecule has 0 unspecified atom stereocenters. The van der Waals surface area contributed by atoms with Crippen molar-refractivity contribution in [2.75, 3.05) is 5.73 Å². The van der Waals surface area contributed by atoms with Gasteiger partial charge in [-0.25, -0.2) is 4.98 Å². The lowest BCUT2D eigenvalue weighted by molar-refractivity contribution is 0.921. The second-order valence-electron chi connectivity index (χ2n) is 3.41. The molecule has 0 amide bonds. The van der Waals surface area contributed by atoms with Gasteiger partial charge in [0, 0.05) is 18.3 Å². The number of nitrogen functional groups attached to an aromatic ring is 1. The first-order valence-corrected chi connectivity index (χ1v) is 4.52. The van der Waals surface area contributed by atoms with Crippen LogP contribution >= 0.6 is 0 Å². The lowest BCUT2D eigenvalue weighted by atomic mass is 10.1. The van der Waals surface area contributed by atoms with E-state index in [0.29, 0.717) is 0 Å². The Balaban J connectivity index is 2.54. The average Bonchev–Trinajstić information content (AvgIpc) is 2.49. The molecule has 0 saturated carbocycles. The van der Waals surface area contributed by atoms with Crippen molar-refractivity contribution in [3.8, 4) is 11.3 Å². The molecular formula is C11H13N3. The van der Waals surface area contributed by atoms with Crippen LogP contribution in [0.25, 0.3) is 11.3 Å². The van der Waals surface area contributed by atoms with Crippen LogP contribution in [0, 0.1) is 6.92 Å². The lowest BCUT2D eigenvalue weighted by Crippen LogP contribution is -1.91. The number of nitrogens with zero attached hydrogens (tertiary/aromatic N) is 2. The van der Waals surface area contributed by atoms with Gasteiger partial charge in [0.1, 0.15) is 0 Å².